The van der Waals surface area contributed by atoms with Gasteiger partial charge in [0.1, 0.15) is 5.82 Å². The molecule has 19 heavy (non-hydrogen) atoms. The quantitative estimate of drug-likeness (QED) is 0.897. The van der Waals surface area contributed by atoms with Gasteiger partial charge in [-0.15, -0.1) is 0 Å². The highest BCUT2D eigenvalue weighted by Crippen LogP contribution is 2.30. The Labute approximate surface area is 122 Å². The van der Waals surface area contributed by atoms with E-state index in [4.69, 9.17) is 5.73 Å². The Bertz CT molecular complexity index is 464. The number of carbonyl (C=O) groups is 1. The van der Waals surface area contributed by atoms with Gasteiger partial charge in [-0.25, -0.2) is 4.98 Å². The zero-order valence-corrected chi connectivity index (χ0v) is 12.7. The van der Waals surface area contributed by atoms with Crippen LogP contribution in [0.3, 0.4) is 0 Å². The van der Waals surface area contributed by atoms with Gasteiger partial charge < -0.3 is 11.1 Å². The Balaban J connectivity index is 2.05. The van der Waals surface area contributed by atoms with Crippen LogP contribution in [0, 0.1) is 18.8 Å². The first-order chi connectivity index (χ1) is 9.11. The first-order valence-electron chi connectivity index (χ1n) is 6.76. The minimum atomic E-state index is 0.0319. The van der Waals surface area contributed by atoms with Crippen molar-refractivity contribution in [2.45, 2.75) is 32.6 Å². The summed E-state index contributed by atoms with van der Waals surface area (Å²) in [6.07, 6.45) is 4.28. The second-order valence-corrected chi connectivity index (χ2v) is 5.99. The molecule has 2 rings (SSSR count). The zero-order chi connectivity index (χ0) is 13.8. The van der Waals surface area contributed by atoms with E-state index >= 15 is 0 Å². The van der Waals surface area contributed by atoms with Crippen LogP contribution in [0.2, 0.25) is 0 Å². The van der Waals surface area contributed by atoms with Crippen LogP contribution >= 0.6 is 15.9 Å². The molecule has 0 bridgehead atoms. The highest BCUT2D eigenvalue weighted by molar-refractivity contribution is 9.10. The fourth-order valence-corrected chi connectivity index (χ4v) is 2.89. The van der Waals surface area contributed by atoms with E-state index in [1.165, 1.54) is 6.42 Å². The van der Waals surface area contributed by atoms with E-state index in [1.54, 1.807) is 0 Å². The summed E-state index contributed by atoms with van der Waals surface area (Å²) in [4.78, 5) is 16.7. The number of nitrogens with zero attached hydrogens (tertiary/aromatic N) is 1. The van der Waals surface area contributed by atoms with Crippen LogP contribution in [-0.2, 0) is 4.79 Å². The maximum absolute atomic E-state index is 12.3. The first-order valence-corrected chi connectivity index (χ1v) is 7.55. The number of amides is 1. The molecule has 0 aliphatic heterocycles. The minimum absolute atomic E-state index is 0.0319. The Morgan fingerprint density at radius 2 is 2.21 bits per heavy atom. The largest absolute Gasteiger partial charge is 0.330 e. The number of carbonyl (C=O) groups excluding carboxylic acids is 1. The molecule has 1 aliphatic rings. The molecule has 1 saturated carbocycles. The number of hydrogen-bond donors (Lipinski definition) is 2. The normalized spacial score (nSPS) is 23.1. The summed E-state index contributed by atoms with van der Waals surface area (Å²) in [5, 5.41) is 2.92. The van der Waals surface area contributed by atoms with Gasteiger partial charge in [0.2, 0.25) is 5.91 Å². The lowest BCUT2D eigenvalue weighted by atomic mass is 9.79. The molecule has 1 fully saturated rings. The highest BCUT2D eigenvalue weighted by Gasteiger charge is 2.30. The number of halogens is 1. The van der Waals surface area contributed by atoms with Crippen molar-refractivity contribution in [2.24, 2.45) is 17.6 Å². The van der Waals surface area contributed by atoms with E-state index in [2.05, 4.69) is 26.2 Å². The maximum Gasteiger partial charge on any atom is 0.228 e. The van der Waals surface area contributed by atoms with Crippen molar-refractivity contribution in [3.05, 3.63) is 22.3 Å². The molecule has 2 unspecified atom stereocenters. The number of pyridine rings is 1. The topological polar surface area (TPSA) is 68.0 Å². The van der Waals surface area contributed by atoms with Crippen LogP contribution in [0.15, 0.2) is 16.6 Å². The average Bonchev–Trinajstić information content (AvgIpc) is 2.43. The van der Waals surface area contributed by atoms with Crippen molar-refractivity contribution in [3.8, 4) is 0 Å². The molecular weight excluding hydrogens is 306 g/mol. The van der Waals surface area contributed by atoms with Crippen LogP contribution in [0.4, 0.5) is 5.82 Å². The van der Waals surface area contributed by atoms with Crippen LogP contribution in [0.25, 0.3) is 0 Å². The Morgan fingerprint density at radius 3 is 2.89 bits per heavy atom. The van der Waals surface area contributed by atoms with Crippen molar-refractivity contribution in [3.63, 3.8) is 0 Å². The highest BCUT2D eigenvalue weighted by atomic mass is 79.9. The molecular formula is C14H20BrN3O. The first kappa shape index (κ1) is 14.5. The monoisotopic (exact) mass is 325 g/mol. The van der Waals surface area contributed by atoms with E-state index < -0.39 is 0 Å². The van der Waals surface area contributed by atoms with Gasteiger partial charge in [-0.05, 0) is 60.3 Å². The van der Waals surface area contributed by atoms with Gasteiger partial charge in [0, 0.05) is 10.4 Å². The average molecular weight is 326 g/mol. The summed E-state index contributed by atoms with van der Waals surface area (Å²) in [5.41, 5.74) is 6.64. The molecule has 2 atom stereocenters. The Kier molecular flexibility index (Phi) is 4.93. The lowest BCUT2D eigenvalue weighted by molar-refractivity contribution is -0.122. The van der Waals surface area contributed by atoms with Gasteiger partial charge in [-0.3, -0.25) is 4.79 Å². The predicted octanol–water partition coefficient (Wildman–Crippen LogP) is 2.86. The van der Waals surface area contributed by atoms with E-state index in [9.17, 15) is 4.79 Å². The fourth-order valence-electron chi connectivity index (χ4n) is 2.67. The molecule has 5 heteroatoms. The smallest absolute Gasteiger partial charge is 0.228 e. The molecule has 104 valence electrons. The van der Waals surface area contributed by atoms with Gasteiger partial charge in [-0.2, -0.15) is 0 Å². The number of hydrogen-bond acceptors (Lipinski definition) is 3. The number of anilines is 1. The van der Waals surface area contributed by atoms with E-state index in [0.29, 0.717) is 18.3 Å². The second-order valence-electron chi connectivity index (χ2n) is 5.14. The molecule has 0 aromatic carbocycles. The SMILES string of the molecule is Cc1nc(NC(=O)C2CCCCC2CN)ccc1Br. The lowest BCUT2D eigenvalue weighted by Gasteiger charge is -2.29. The summed E-state index contributed by atoms with van der Waals surface area (Å²) in [6.45, 7) is 2.49. The molecule has 0 spiro atoms. The van der Waals surface area contributed by atoms with Crippen molar-refractivity contribution in [1.82, 2.24) is 4.98 Å². The molecule has 1 heterocycles. The molecule has 0 saturated heterocycles. The maximum atomic E-state index is 12.3. The van der Waals surface area contributed by atoms with Crippen LogP contribution in [-0.4, -0.2) is 17.4 Å². The Hall–Kier alpha value is -0.940. The molecule has 1 amide bonds. The van der Waals surface area contributed by atoms with Gasteiger partial charge in [0.25, 0.3) is 0 Å². The number of nitrogens with two attached hydrogens (primary N) is 1. The Morgan fingerprint density at radius 1 is 1.47 bits per heavy atom. The fraction of sp³-hybridized carbons (Fsp3) is 0.571. The second kappa shape index (κ2) is 6.48. The van der Waals surface area contributed by atoms with E-state index in [1.807, 2.05) is 19.1 Å². The summed E-state index contributed by atoms with van der Waals surface area (Å²) < 4.78 is 0.947. The third kappa shape index (κ3) is 3.54. The summed E-state index contributed by atoms with van der Waals surface area (Å²) in [7, 11) is 0. The van der Waals surface area contributed by atoms with Crippen molar-refractivity contribution < 1.29 is 4.79 Å². The van der Waals surface area contributed by atoms with Crippen LogP contribution in [0.5, 0.6) is 0 Å². The standard InChI is InChI=1S/C14H20BrN3O/c1-9-12(15)6-7-13(17-9)18-14(19)11-5-3-2-4-10(11)8-16/h6-7,10-11H,2-5,8,16H2,1H3,(H,17,18,19). The molecule has 1 aromatic rings. The van der Waals surface area contributed by atoms with Gasteiger partial charge in [0.15, 0.2) is 0 Å². The van der Waals surface area contributed by atoms with Crippen LogP contribution in [0.1, 0.15) is 31.4 Å². The van der Waals surface area contributed by atoms with Crippen molar-refractivity contribution >= 4 is 27.7 Å². The third-order valence-electron chi connectivity index (χ3n) is 3.82. The van der Waals surface area contributed by atoms with E-state index in [0.717, 1.165) is 29.4 Å². The molecule has 1 aromatic heterocycles. The number of rotatable bonds is 3. The number of aryl methyl sites for hydroxylation is 1. The third-order valence-corrected chi connectivity index (χ3v) is 4.66. The van der Waals surface area contributed by atoms with Gasteiger partial charge in [0.05, 0.1) is 5.69 Å². The minimum Gasteiger partial charge on any atom is -0.330 e. The predicted molar refractivity (Wildman–Crippen MR) is 79.8 cm³/mol. The lowest BCUT2D eigenvalue weighted by Crippen LogP contribution is -2.35. The van der Waals surface area contributed by atoms with E-state index in [-0.39, 0.29) is 11.8 Å². The summed E-state index contributed by atoms with van der Waals surface area (Å²) >= 11 is 3.40. The molecule has 1 aliphatic carbocycles. The molecule has 3 N–H and O–H groups in total. The summed E-state index contributed by atoms with van der Waals surface area (Å²) in [6, 6.07) is 3.72. The zero-order valence-electron chi connectivity index (χ0n) is 11.2. The van der Waals surface area contributed by atoms with Crippen molar-refractivity contribution in [1.29, 1.82) is 0 Å². The van der Waals surface area contributed by atoms with Crippen molar-refractivity contribution in [2.75, 3.05) is 11.9 Å². The summed E-state index contributed by atoms with van der Waals surface area (Å²) in [5.74, 6) is 1.02. The number of nitrogens with one attached hydrogen (secondary N) is 1. The van der Waals surface area contributed by atoms with Gasteiger partial charge >= 0.3 is 0 Å². The van der Waals surface area contributed by atoms with Gasteiger partial charge in [-0.1, -0.05) is 12.8 Å². The molecule has 0 radical (unpaired) electrons. The van der Waals surface area contributed by atoms with Crippen LogP contribution < -0.4 is 11.1 Å². The molecule has 4 nitrogen and oxygen atoms in total. The number of aromatic nitrogens is 1.